The Bertz CT molecular complexity index is 405. The van der Waals surface area contributed by atoms with Gasteiger partial charge in [-0.15, -0.1) is 0 Å². The average Bonchev–Trinajstić information content (AvgIpc) is 2.38. The zero-order chi connectivity index (χ0) is 13.1. The van der Waals surface area contributed by atoms with E-state index in [2.05, 4.69) is 15.2 Å². The molecule has 5 heteroatoms. The van der Waals surface area contributed by atoms with E-state index in [1.807, 2.05) is 13.8 Å². The molecule has 2 rings (SSSR count). The van der Waals surface area contributed by atoms with Gasteiger partial charge in [-0.3, -0.25) is 0 Å². The second kappa shape index (κ2) is 5.63. The number of aromatic nitrogens is 1. The number of hydrogen-bond donors (Lipinski definition) is 2. The lowest BCUT2D eigenvalue weighted by Crippen LogP contribution is -2.44. The fourth-order valence-electron chi connectivity index (χ4n) is 2.17. The van der Waals surface area contributed by atoms with E-state index in [-0.39, 0.29) is 5.92 Å². The number of aliphatic hydroxyl groups is 1. The minimum atomic E-state index is -0.682. The summed E-state index contributed by atoms with van der Waals surface area (Å²) in [5, 5.41) is 13.4. The van der Waals surface area contributed by atoms with Crippen LogP contribution in [0.5, 0.6) is 0 Å². The molecule has 0 radical (unpaired) electrons. The van der Waals surface area contributed by atoms with Gasteiger partial charge in [0.15, 0.2) is 0 Å². The van der Waals surface area contributed by atoms with Gasteiger partial charge in [0.1, 0.15) is 11.6 Å². The third-order valence-corrected chi connectivity index (χ3v) is 3.23. The first kappa shape index (κ1) is 13.2. The summed E-state index contributed by atoms with van der Waals surface area (Å²) < 4.78 is 13.3. The van der Waals surface area contributed by atoms with Crippen molar-refractivity contribution in [2.45, 2.75) is 20.0 Å². The molecule has 100 valence electrons. The molecule has 1 aromatic rings. The van der Waals surface area contributed by atoms with Crippen molar-refractivity contribution in [1.29, 1.82) is 0 Å². The normalized spacial score (nSPS) is 18.2. The summed E-state index contributed by atoms with van der Waals surface area (Å²) in [5.41, 5.74) is 0.590. The Morgan fingerprint density at radius 2 is 2.06 bits per heavy atom. The molecule has 1 unspecified atom stereocenters. The maximum absolute atomic E-state index is 13.3. The minimum absolute atomic E-state index is 0.0373. The smallest absolute Gasteiger partial charge is 0.142 e. The Balaban J connectivity index is 2.33. The molecule has 1 aliphatic heterocycles. The standard InChI is InChI=1S/C13H20FN3O/c1-9(2)12(18)11-7-10(14)8-16-13(11)17-5-3-15-4-6-17/h7-9,12,15,18H,3-6H2,1-2H3. The predicted octanol–water partition coefficient (Wildman–Crippen LogP) is 1.32. The quantitative estimate of drug-likeness (QED) is 0.853. The lowest BCUT2D eigenvalue weighted by Gasteiger charge is -2.31. The zero-order valence-corrected chi connectivity index (χ0v) is 10.9. The lowest BCUT2D eigenvalue weighted by molar-refractivity contribution is 0.126. The third-order valence-electron chi connectivity index (χ3n) is 3.23. The zero-order valence-electron chi connectivity index (χ0n) is 10.9. The molecule has 0 spiro atoms. The number of aliphatic hydroxyl groups excluding tert-OH is 1. The van der Waals surface area contributed by atoms with Gasteiger partial charge in [0.2, 0.25) is 0 Å². The fraction of sp³-hybridized carbons (Fsp3) is 0.615. The van der Waals surface area contributed by atoms with Crippen molar-refractivity contribution in [2.24, 2.45) is 5.92 Å². The first-order valence-corrected chi connectivity index (χ1v) is 6.38. The van der Waals surface area contributed by atoms with E-state index in [0.717, 1.165) is 26.2 Å². The minimum Gasteiger partial charge on any atom is -0.388 e. The van der Waals surface area contributed by atoms with E-state index in [1.54, 1.807) is 0 Å². The number of pyridine rings is 1. The van der Waals surface area contributed by atoms with Crippen LogP contribution >= 0.6 is 0 Å². The van der Waals surface area contributed by atoms with E-state index in [4.69, 9.17) is 0 Å². The fourth-order valence-corrected chi connectivity index (χ4v) is 2.17. The van der Waals surface area contributed by atoms with Crippen molar-refractivity contribution in [2.75, 3.05) is 31.1 Å². The summed E-state index contributed by atoms with van der Waals surface area (Å²) in [5.74, 6) is 0.345. The van der Waals surface area contributed by atoms with Crippen LogP contribution in [-0.2, 0) is 0 Å². The molecule has 1 aliphatic rings. The second-order valence-corrected chi connectivity index (χ2v) is 4.99. The van der Waals surface area contributed by atoms with Gasteiger partial charge in [0, 0.05) is 31.7 Å². The largest absolute Gasteiger partial charge is 0.388 e. The first-order valence-electron chi connectivity index (χ1n) is 6.38. The molecule has 0 aliphatic carbocycles. The summed E-state index contributed by atoms with van der Waals surface area (Å²) in [6.07, 6.45) is 0.534. The van der Waals surface area contributed by atoms with Crippen LogP contribution in [-0.4, -0.2) is 36.3 Å². The van der Waals surface area contributed by atoms with Crippen LogP contribution in [0, 0.1) is 11.7 Å². The molecular weight excluding hydrogens is 233 g/mol. The maximum Gasteiger partial charge on any atom is 0.142 e. The molecule has 4 nitrogen and oxygen atoms in total. The number of halogens is 1. The number of piperazine rings is 1. The summed E-state index contributed by atoms with van der Waals surface area (Å²) in [7, 11) is 0. The number of hydrogen-bond acceptors (Lipinski definition) is 4. The van der Waals surface area contributed by atoms with Gasteiger partial charge in [0.25, 0.3) is 0 Å². The summed E-state index contributed by atoms with van der Waals surface area (Å²) in [4.78, 5) is 6.26. The van der Waals surface area contributed by atoms with Crippen LogP contribution in [0.25, 0.3) is 0 Å². The van der Waals surface area contributed by atoms with Gasteiger partial charge in [0.05, 0.1) is 12.3 Å². The predicted molar refractivity (Wildman–Crippen MR) is 69.1 cm³/mol. The number of nitrogens with zero attached hydrogens (tertiary/aromatic N) is 2. The van der Waals surface area contributed by atoms with E-state index in [9.17, 15) is 9.50 Å². The number of anilines is 1. The van der Waals surface area contributed by atoms with Crippen LogP contribution in [0.3, 0.4) is 0 Å². The van der Waals surface area contributed by atoms with Crippen molar-refractivity contribution in [3.63, 3.8) is 0 Å². The topological polar surface area (TPSA) is 48.4 Å². The Morgan fingerprint density at radius 3 is 2.67 bits per heavy atom. The first-order chi connectivity index (χ1) is 8.59. The highest BCUT2D eigenvalue weighted by Gasteiger charge is 2.22. The van der Waals surface area contributed by atoms with Crippen molar-refractivity contribution < 1.29 is 9.50 Å². The molecular formula is C13H20FN3O. The third kappa shape index (κ3) is 2.79. The number of nitrogens with one attached hydrogen (secondary N) is 1. The average molecular weight is 253 g/mol. The molecule has 0 saturated carbocycles. The second-order valence-electron chi connectivity index (χ2n) is 4.99. The number of rotatable bonds is 3. The van der Waals surface area contributed by atoms with Crippen LogP contribution in [0.4, 0.5) is 10.2 Å². The van der Waals surface area contributed by atoms with Crippen LogP contribution < -0.4 is 10.2 Å². The van der Waals surface area contributed by atoms with Crippen molar-refractivity contribution >= 4 is 5.82 Å². The molecule has 0 aromatic carbocycles. The van der Waals surface area contributed by atoms with Crippen LogP contribution in [0.2, 0.25) is 0 Å². The molecule has 1 fully saturated rings. The van der Waals surface area contributed by atoms with Crippen molar-refractivity contribution in [1.82, 2.24) is 10.3 Å². The molecule has 0 bridgehead atoms. The monoisotopic (exact) mass is 253 g/mol. The maximum atomic E-state index is 13.3. The van der Waals surface area contributed by atoms with Crippen molar-refractivity contribution in [3.05, 3.63) is 23.6 Å². The SMILES string of the molecule is CC(C)C(O)c1cc(F)cnc1N1CCNCC1. The van der Waals surface area contributed by atoms with Gasteiger partial charge >= 0.3 is 0 Å². The van der Waals surface area contributed by atoms with Crippen LogP contribution in [0.15, 0.2) is 12.3 Å². The van der Waals surface area contributed by atoms with Crippen molar-refractivity contribution in [3.8, 4) is 0 Å². The molecule has 2 heterocycles. The van der Waals surface area contributed by atoms with Crippen LogP contribution in [0.1, 0.15) is 25.5 Å². The van der Waals surface area contributed by atoms with E-state index >= 15 is 0 Å². The van der Waals surface area contributed by atoms with E-state index in [1.165, 1.54) is 12.3 Å². The van der Waals surface area contributed by atoms with Gasteiger partial charge in [-0.05, 0) is 12.0 Å². The van der Waals surface area contributed by atoms with Gasteiger partial charge < -0.3 is 15.3 Å². The van der Waals surface area contributed by atoms with Gasteiger partial charge in [-0.2, -0.15) is 0 Å². The molecule has 2 N–H and O–H groups in total. The van der Waals surface area contributed by atoms with Gasteiger partial charge in [-0.1, -0.05) is 13.8 Å². The molecule has 1 saturated heterocycles. The highest BCUT2D eigenvalue weighted by atomic mass is 19.1. The summed E-state index contributed by atoms with van der Waals surface area (Å²) >= 11 is 0. The Morgan fingerprint density at radius 1 is 1.39 bits per heavy atom. The molecule has 1 aromatic heterocycles. The Kier molecular flexibility index (Phi) is 4.14. The van der Waals surface area contributed by atoms with Gasteiger partial charge in [-0.25, -0.2) is 9.37 Å². The Labute approximate surface area is 107 Å². The highest BCUT2D eigenvalue weighted by molar-refractivity contribution is 5.48. The van der Waals surface area contributed by atoms with E-state index in [0.29, 0.717) is 11.4 Å². The van der Waals surface area contributed by atoms with E-state index < -0.39 is 11.9 Å². The lowest BCUT2D eigenvalue weighted by atomic mass is 9.99. The molecule has 1 atom stereocenters. The molecule has 18 heavy (non-hydrogen) atoms. The summed E-state index contributed by atoms with van der Waals surface area (Å²) in [6, 6.07) is 1.40. The Hall–Kier alpha value is -1.20. The highest BCUT2D eigenvalue weighted by Crippen LogP contribution is 2.29. The molecule has 0 amide bonds. The summed E-state index contributed by atoms with van der Waals surface area (Å²) in [6.45, 7) is 7.26.